The fourth-order valence-electron chi connectivity index (χ4n) is 2.81. The quantitative estimate of drug-likeness (QED) is 0.266. The molecule has 1 amide bonds. The van der Waals surface area contributed by atoms with Gasteiger partial charge in [-0.15, -0.1) is 0 Å². The van der Waals surface area contributed by atoms with Crippen LogP contribution in [-0.2, 0) is 11.2 Å². The van der Waals surface area contributed by atoms with E-state index in [1.165, 1.54) is 57.8 Å². The number of rotatable bonds is 13. The lowest BCUT2D eigenvalue weighted by Crippen LogP contribution is -2.47. The van der Waals surface area contributed by atoms with E-state index in [2.05, 4.69) is 23.1 Å². The minimum Gasteiger partial charge on any atom is -0.361 e. The second-order valence-corrected chi connectivity index (χ2v) is 7.18. The predicted molar refractivity (Wildman–Crippen MR) is 114 cm³/mol. The van der Waals surface area contributed by atoms with Gasteiger partial charge in [-0.25, -0.2) is 0 Å². The van der Waals surface area contributed by atoms with Crippen molar-refractivity contribution in [1.29, 1.82) is 0 Å². The molecule has 0 saturated carbocycles. The van der Waals surface area contributed by atoms with Crippen molar-refractivity contribution in [3.05, 3.63) is 35.9 Å². The summed E-state index contributed by atoms with van der Waals surface area (Å²) in [6, 6.07) is 9.65. The molecule has 0 aromatic heterocycles. The van der Waals surface area contributed by atoms with Gasteiger partial charge in [-0.05, 0) is 24.2 Å². The molecule has 3 N–H and O–H groups in total. The maximum atomic E-state index is 11.8. The molecule has 0 heterocycles. The minimum absolute atomic E-state index is 0.0979. The molecule has 1 rings (SSSR count). The van der Waals surface area contributed by atoms with Crippen LogP contribution in [0.4, 0.5) is 0 Å². The van der Waals surface area contributed by atoms with E-state index in [9.17, 15) is 4.79 Å². The second kappa shape index (κ2) is 15.6. The van der Waals surface area contributed by atoms with Crippen molar-refractivity contribution in [2.45, 2.75) is 77.6 Å². The number of hydrogen-bond donors (Lipinski definition) is 3. The molecule has 0 aliphatic carbocycles. The van der Waals surface area contributed by atoms with Gasteiger partial charge < -0.3 is 5.32 Å². The highest BCUT2D eigenvalue weighted by Crippen LogP contribution is 2.10. The fraction of sp³-hybridized carbons (Fsp3) is 0.619. The van der Waals surface area contributed by atoms with Gasteiger partial charge in [0.2, 0.25) is 5.91 Å². The number of amides is 1. The highest BCUT2D eigenvalue weighted by molar-refractivity contribution is 7.80. The zero-order valence-electron chi connectivity index (χ0n) is 16.2. The lowest BCUT2D eigenvalue weighted by atomic mass is 10.1. The normalized spacial score (nSPS) is 10.3. The molecule has 26 heavy (non-hydrogen) atoms. The largest absolute Gasteiger partial charge is 0.361 e. The summed E-state index contributed by atoms with van der Waals surface area (Å²) in [5.74, 6) is -0.0979. The lowest BCUT2D eigenvalue weighted by molar-refractivity contribution is -0.121. The van der Waals surface area contributed by atoms with E-state index >= 15 is 0 Å². The Hall–Kier alpha value is -1.62. The average molecular weight is 378 g/mol. The molecular formula is C21H35N3OS. The first-order valence-corrected chi connectivity index (χ1v) is 10.5. The predicted octanol–water partition coefficient (Wildman–Crippen LogP) is 4.65. The molecule has 5 heteroatoms. The highest BCUT2D eigenvalue weighted by Gasteiger charge is 2.03. The van der Waals surface area contributed by atoms with Crippen molar-refractivity contribution < 1.29 is 4.79 Å². The Kier molecular flexibility index (Phi) is 13.5. The number of carbonyl (C=O) groups excluding carboxylic acids is 1. The van der Waals surface area contributed by atoms with E-state index in [4.69, 9.17) is 12.2 Å². The van der Waals surface area contributed by atoms with E-state index in [0.29, 0.717) is 11.5 Å². The summed E-state index contributed by atoms with van der Waals surface area (Å²) in [5.41, 5.74) is 6.37. The van der Waals surface area contributed by atoms with Crippen LogP contribution in [0.15, 0.2) is 30.3 Å². The Labute approximate surface area is 164 Å². The maximum Gasteiger partial charge on any atom is 0.242 e. The monoisotopic (exact) mass is 377 g/mol. The number of thiocarbonyl (C=S) groups is 1. The van der Waals surface area contributed by atoms with Gasteiger partial charge in [-0.2, -0.15) is 0 Å². The Morgan fingerprint density at radius 3 is 2.04 bits per heavy atom. The van der Waals surface area contributed by atoms with Gasteiger partial charge in [0.05, 0.1) is 6.42 Å². The number of unbranched alkanes of at least 4 members (excludes halogenated alkanes) is 9. The summed E-state index contributed by atoms with van der Waals surface area (Å²) in [6.45, 7) is 3.10. The van der Waals surface area contributed by atoms with E-state index in [1.807, 2.05) is 30.3 Å². The topological polar surface area (TPSA) is 53.2 Å². The molecule has 0 spiro atoms. The van der Waals surface area contributed by atoms with Crippen molar-refractivity contribution in [2.75, 3.05) is 6.54 Å². The van der Waals surface area contributed by atoms with Gasteiger partial charge in [0.1, 0.15) is 0 Å². The van der Waals surface area contributed by atoms with Crippen LogP contribution in [0.1, 0.15) is 76.7 Å². The van der Waals surface area contributed by atoms with Crippen molar-refractivity contribution >= 4 is 23.2 Å². The number of hydrazine groups is 1. The first kappa shape index (κ1) is 22.4. The molecular weight excluding hydrogens is 342 g/mol. The van der Waals surface area contributed by atoms with Crippen molar-refractivity contribution in [2.24, 2.45) is 0 Å². The maximum absolute atomic E-state index is 11.8. The van der Waals surface area contributed by atoms with Gasteiger partial charge in [-0.3, -0.25) is 15.6 Å². The number of benzene rings is 1. The summed E-state index contributed by atoms with van der Waals surface area (Å²) in [4.78, 5) is 11.8. The summed E-state index contributed by atoms with van der Waals surface area (Å²) < 4.78 is 0. The van der Waals surface area contributed by atoms with Gasteiger partial charge in [0.15, 0.2) is 5.11 Å². The smallest absolute Gasteiger partial charge is 0.242 e. The molecule has 0 fully saturated rings. The lowest BCUT2D eigenvalue weighted by Gasteiger charge is -2.11. The van der Waals surface area contributed by atoms with Crippen LogP contribution in [-0.4, -0.2) is 17.6 Å². The molecule has 0 unspecified atom stereocenters. The van der Waals surface area contributed by atoms with Crippen molar-refractivity contribution in [3.8, 4) is 0 Å². The number of nitrogens with one attached hydrogen (secondary N) is 3. The third-order valence-corrected chi connectivity index (χ3v) is 4.59. The van der Waals surface area contributed by atoms with Crippen LogP contribution in [0.3, 0.4) is 0 Å². The SMILES string of the molecule is CCCCCCCCCCCCNC(=S)NNC(=O)Cc1ccccc1. The first-order valence-electron chi connectivity index (χ1n) is 10.1. The average Bonchev–Trinajstić information content (AvgIpc) is 2.65. The molecule has 146 valence electrons. The molecule has 0 aliphatic rings. The molecule has 0 aliphatic heterocycles. The molecule has 0 radical (unpaired) electrons. The second-order valence-electron chi connectivity index (χ2n) is 6.77. The fourth-order valence-corrected chi connectivity index (χ4v) is 2.96. The zero-order valence-corrected chi connectivity index (χ0v) is 17.0. The van der Waals surface area contributed by atoms with Gasteiger partial charge in [0.25, 0.3) is 0 Å². The van der Waals surface area contributed by atoms with E-state index in [0.717, 1.165) is 18.5 Å². The summed E-state index contributed by atoms with van der Waals surface area (Å²) in [5, 5.41) is 3.61. The first-order chi connectivity index (χ1) is 12.7. The molecule has 0 atom stereocenters. The van der Waals surface area contributed by atoms with Crippen LogP contribution in [0, 0.1) is 0 Å². The van der Waals surface area contributed by atoms with E-state index < -0.39 is 0 Å². The molecule has 1 aromatic rings. The number of carbonyl (C=O) groups is 1. The highest BCUT2D eigenvalue weighted by atomic mass is 32.1. The van der Waals surface area contributed by atoms with Crippen LogP contribution < -0.4 is 16.2 Å². The minimum atomic E-state index is -0.0979. The van der Waals surface area contributed by atoms with Crippen molar-refractivity contribution in [1.82, 2.24) is 16.2 Å². The van der Waals surface area contributed by atoms with Gasteiger partial charge in [-0.1, -0.05) is 95.0 Å². The molecule has 1 aromatic carbocycles. The Balaban J connectivity index is 1.90. The third kappa shape index (κ3) is 12.7. The molecule has 0 bridgehead atoms. The Morgan fingerprint density at radius 2 is 1.42 bits per heavy atom. The van der Waals surface area contributed by atoms with Gasteiger partial charge in [0, 0.05) is 6.54 Å². The van der Waals surface area contributed by atoms with Crippen LogP contribution in [0.2, 0.25) is 0 Å². The summed E-state index contributed by atoms with van der Waals surface area (Å²) >= 11 is 5.17. The standard InChI is InChI=1S/C21H35N3OS/c1-2-3-4-5-6-7-8-9-10-14-17-22-21(26)24-23-20(25)18-19-15-12-11-13-16-19/h11-13,15-16H,2-10,14,17-18H2,1H3,(H,23,25)(H2,22,24,26). The van der Waals surface area contributed by atoms with Crippen molar-refractivity contribution in [3.63, 3.8) is 0 Å². The zero-order chi connectivity index (χ0) is 18.9. The third-order valence-electron chi connectivity index (χ3n) is 4.34. The summed E-state index contributed by atoms with van der Waals surface area (Å²) in [7, 11) is 0. The van der Waals surface area contributed by atoms with E-state index in [1.54, 1.807) is 0 Å². The Bertz CT molecular complexity index is 493. The molecule has 4 nitrogen and oxygen atoms in total. The number of hydrogen-bond acceptors (Lipinski definition) is 2. The molecule has 0 saturated heterocycles. The van der Waals surface area contributed by atoms with Crippen LogP contribution in [0.5, 0.6) is 0 Å². The Morgan fingerprint density at radius 1 is 0.846 bits per heavy atom. The van der Waals surface area contributed by atoms with Crippen LogP contribution >= 0.6 is 12.2 Å². The van der Waals surface area contributed by atoms with Gasteiger partial charge >= 0.3 is 0 Å². The summed E-state index contributed by atoms with van der Waals surface area (Å²) in [6.07, 6.45) is 13.5. The van der Waals surface area contributed by atoms with E-state index in [-0.39, 0.29) is 5.91 Å². The van der Waals surface area contributed by atoms with Crippen LogP contribution in [0.25, 0.3) is 0 Å².